The van der Waals surface area contributed by atoms with Gasteiger partial charge in [-0.2, -0.15) is 0 Å². The molecular weight excluding hydrogens is 316 g/mol. The maximum Gasteiger partial charge on any atom is 0.117 e. The SMILES string of the molecule is CC(C)(C)c1ccc(-c2[nH]c3cccc4c3c2CCNC42C#CC2)cc1. The van der Waals surface area contributed by atoms with E-state index in [0.717, 1.165) is 19.4 Å². The highest BCUT2D eigenvalue weighted by molar-refractivity contribution is 5.95. The van der Waals surface area contributed by atoms with Gasteiger partial charge in [-0.25, -0.2) is 0 Å². The Labute approximate surface area is 155 Å². The van der Waals surface area contributed by atoms with Crippen LogP contribution in [0.4, 0.5) is 0 Å². The van der Waals surface area contributed by atoms with Gasteiger partial charge in [-0.15, -0.1) is 0 Å². The van der Waals surface area contributed by atoms with Gasteiger partial charge in [0, 0.05) is 29.6 Å². The minimum absolute atomic E-state index is 0.139. The lowest BCUT2D eigenvalue weighted by atomic mass is 9.80. The molecule has 5 rings (SSSR count). The van der Waals surface area contributed by atoms with Gasteiger partial charge in [0.15, 0.2) is 0 Å². The molecule has 1 aliphatic heterocycles. The van der Waals surface area contributed by atoms with Gasteiger partial charge in [0.2, 0.25) is 0 Å². The third-order valence-electron chi connectivity index (χ3n) is 5.88. The zero-order valence-electron chi connectivity index (χ0n) is 15.7. The van der Waals surface area contributed by atoms with Crippen molar-refractivity contribution in [2.75, 3.05) is 6.54 Å². The van der Waals surface area contributed by atoms with Crippen LogP contribution in [0.15, 0.2) is 42.5 Å². The fraction of sp³-hybridized carbons (Fsp3) is 0.333. The molecule has 26 heavy (non-hydrogen) atoms. The fourth-order valence-corrected chi connectivity index (χ4v) is 4.34. The molecular formula is C24H24N2. The number of fused-ring (bicyclic) bond motifs is 1. The van der Waals surface area contributed by atoms with Crippen molar-refractivity contribution >= 4 is 10.9 Å². The van der Waals surface area contributed by atoms with Gasteiger partial charge in [0.1, 0.15) is 5.54 Å². The highest BCUT2D eigenvalue weighted by atomic mass is 15.0. The van der Waals surface area contributed by atoms with E-state index in [0.29, 0.717) is 0 Å². The van der Waals surface area contributed by atoms with E-state index in [2.05, 4.69) is 85.4 Å². The van der Waals surface area contributed by atoms with Gasteiger partial charge in [-0.1, -0.05) is 69.0 Å². The van der Waals surface area contributed by atoms with Crippen LogP contribution in [-0.4, -0.2) is 11.5 Å². The van der Waals surface area contributed by atoms with Crippen molar-refractivity contribution in [1.29, 1.82) is 0 Å². The number of aromatic amines is 1. The second kappa shape index (κ2) is 5.25. The number of H-pyrrole nitrogens is 1. The number of aromatic nitrogens is 1. The second-order valence-corrected chi connectivity index (χ2v) is 8.59. The smallest absolute Gasteiger partial charge is 0.117 e. The number of hydrogen-bond donors (Lipinski definition) is 2. The summed E-state index contributed by atoms with van der Waals surface area (Å²) >= 11 is 0. The first-order valence-corrected chi connectivity index (χ1v) is 9.48. The van der Waals surface area contributed by atoms with E-state index in [9.17, 15) is 0 Å². The van der Waals surface area contributed by atoms with Crippen LogP contribution in [0.2, 0.25) is 0 Å². The van der Waals surface area contributed by atoms with Crippen LogP contribution < -0.4 is 5.32 Å². The van der Waals surface area contributed by atoms with Crippen LogP contribution in [0, 0.1) is 11.8 Å². The lowest BCUT2D eigenvalue weighted by Gasteiger charge is -2.32. The standard InChI is InChI=1S/C24H24N2/c1-23(2,3)17-10-8-16(9-11-17)22-18-12-15-25-24(13-5-14-24)19-6-4-7-20(26-22)21(18)19/h4,6-11,25-26H,12-13,15H2,1-3H3. The summed E-state index contributed by atoms with van der Waals surface area (Å²) in [6.07, 6.45) is 1.93. The molecule has 2 heterocycles. The average molecular weight is 340 g/mol. The van der Waals surface area contributed by atoms with Gasteiger partial charge < -0.3 is 4.98 Å². The highest BCUT2D eigenvalue weighted by Crippen LogP contribution is 2.41. The fourth-order valence-electron chi connectivity index (χ4n) is 4.34. The summed E-state index contributed by atoms with van der Waals surface area (Å²) in [7, 11) is 0. The quantitative estimate of drug-likeness (QED) is 0.607. The largest absolute Gasteiger partial charge is 0.354 e. The van der Waals surface area contributed by atoms with Crippen LogP contribution in [0.3, 0.4) is 0 Å². The van der Waals surface area contributed by atoms with Crippen LogP contribution in [-0.2, 0) is 17.4 Å². The van der Waals surface area contributed by atoms with Crippen LogP contribution >= 0.6 is 0 Å². The summed E-state index contributed by atoms with van der Waals surface area (Å²) in [4.78, 5) is 3.71. The van der Waals surface area contributed by atoms with Crippen LogP contribution in [0.25, 0.3) is 22.2 Å². The average Bonchev–Trinajstić information content (AvgIpc) is 2.85. The van der Waals surface area contributed by atoms with E-state index >= 15 is 0 Å². The molecule has 1 atom stereocenters. The molecule has 0 fully saturated rings. The van der Waals surface area contributed by atoms with Gasteiger partial charge in [0.05, 0.1) is 0 Å². The molecule has 0 amide bonds. The predicted molar refractivity (Wildman–Crippen MR) is 108 cm³/mol. The summed E-state index contributed by atoms with van der Waals surface area (Å²) in [5.41, 5.74) is 7.94. The summed E-state index contributed by atoms with van der Waals surface area (Å²) < 4.78 is 0. The summed E-state index contributed by atoms with van der Waals surface area (Å²) in [5, 5.41) is 5.08. The first-order valence-electron chi connectivity index (χ1n) is 9.48. The maximum atomic E-state index is 3.71. The lowest BCUT2D eigenvalue weighted by Crippen LogP contribution is -2.44. The van der Waals surface area contributed by atoms with E-state index in [1.165, 1.54) is 38.9 Å². The third-order valence-corrected chi connectivity index (χ3v) is 5.88. The number of nitrogens with one attached hydrogen (secondary N) is 2. The third kappa shape index (κ3) is 2.17. The Hall–Kier alpha value is -2.50. The minimum Gasteiger partial charge on any atom is -0.354 e. The van der Waals surface area contributed by atoms with E-state index in [1.807, 2.05) is 0 Å². The lowest BCUT2D eigenvalue weighted by molar-refractivity contribution is 0.433. The molecule has 2 nitrogen and oxygen atoms in total. The maximum absolute atomic E-state index is 3.71. The molecule has 0 radical (unpaired) electrons. The number of benzene rings is 2. The van der Waals surface area contributed by atoms with Crippen molar-refractivity contribution in [2.45, 2.75) is 44.6 Å². The van der Waals surface area contributed by atoms with E-state index in [-0.39, 0.29) is 11.0 Å². The van der Waals surface area contributed by atoms with Gasteiger partial charge in [0.25, 0.3) is 0 Å². The van der Waals surface area contributed by atoms with Crippen molar-refractivity contribution < 1.29 is 0 Å². The van der Waals surface area contributed by atoms with Crippen LogP contribution in [0.5, 0.6) is 0 Å². The van der Waals surface area contributed by atoms with Gasteiger partial charge in [-0.3, -0.25) is 5.32 Å². The normalized spacial score (nSPS) is 21.2. The monoisotopic (exact) mass is 340 g/mol. The topological polar surface area (TPSA) is 27.8 Å². The molecule has 0 saturated heterocycles. The molecule has 1 unspecified atom stereocenters. The van der Waals surface area contributed by atoms with Gasteiger partial charge in [-0.05, 0) is 40.2 Å². The molecule has 0 bridgehead atoms. The molecule has 2 aromatic carbocycles. The Morgan fingerprint density at radius 1 is 1.04 bits per heavy atom. The first-order chi connectivity index (χ1) is 12.5. The van der Waals surface area contributed by atoms with Crippen molar-refractivity contribution in [2.24, 2.45) is 0 Å². The number of hydrogen-bond acceptors (Lipinski definition) is 1. The number of rotatable bonds is 1. The highest BCUT2D eigenvalue weighted by Gasteiger charge is 2.38. The van der Waals surface area contributed by atoms with E-state index in [4.69, 9.17) is 0 Å². The zero-order chi connectivity index (χ0) is 17.9. The van der Waals surface area contributed by atoms with E-state index in [1.54, 1.807) is 0 Å². The Kier molecular flexibility index (Phi) is 3.18. The minimum atomic E-state index is -0.139. The predicted octanol–water partition coefficient (Wildman–Crippen LogP) is 4.88. The Bertz CT molecular complexity index is 1070. The van der Waals surface area contributed by atoms with E-state index < -0.39 is 0 Å². The first kappa shape index (κ1) is 15.7. The molecule has 1 aliphatic carbocycles. The Balaban J connectivity index is 1.70. The Morgan fingerprint density at radius 3 is 2.46 bits per heavy atom. The molecule has 130 valence electrons. The zero-order valence-corrected chi connectivity index (χ0v) is 15.7. The van der Waals surface area contributed by atoms with Crippen molar-refractivity contribution in [3.63, 3.8) is 0 Å². The molecule has 1 spiro atoms. The summed E-state index contributed by atoms with van der Waals surface area (Å²) in [5.74, 6) is 6.61. The second-order valence-electron chi connectivity index (χ2n) is 8.59. The van der Waals surface area contributed by atoms with Crippen molar-refractivity contribution in [1.82, 2.24) is 10.3 Å². The van der Waals surface area contributed by atoms with Crippen molar-refractivity contribution in [3.05, 3.63) is 59.2 Å². The molecule has 2 N–H and O–H groups in total. The molecule has 3 aromatic rings. The summed E-state index contributed by atoms with van der Waals surface area (Å²) in [6.45, 7) is 7.74. The summed E-state index contributed by atoms with van der Waals surface area (Å²) in [6, 6.07) is 15.7. The van der Waals surface area contributed by atoms with Gasteiger partial charge >= 0.3 is 0 Å². The Morgan fingerprint density at radius 2 is 1.81 bits per heavy atom. The molecule has 1 aromatic heterocycles. The molecule has 2 aliphatic rings. The van der Waals surface area contributed by atoms with Crippen molar-refractivity contribution in [3.8, 4) is 23.1 Å². The molecule has 2 heteroatoms. The molecule has 0 saturated carbocycles. The van der Waals surface area contributed by atoms with Crippen LogP contribution in [0.1, 0.15) is 43.9 Å².